The van der Waals surface area contributed by atoms with Crippen LogP contribution in [0.1, 0.15) is 12.6 Å². The van der Waals surface area contributed by atoms with Crippen LogP contribution in [-0.2, 0) is 17.9 Å². The minimum absolute atomic E-state index is 0.0852. The number of carbonyl (C=O) groups is 1. The van der Waals surface area contributed by atoms with Gasteiger partial charge in [0.2, 0.25) is 0 Å². The third-order valence-electron chi connectivity index (χ3n) is 3.17. The molecular weight excluding hydrogens is 325 g/mol. The molecule has 0 aliphatic carbocycles. The molecule has 1 aromatic carbocycles. The molecule has 2 aromatic rings. The normalized spacial score (nSPS) is 10.5. The fourth-order valence-electron chi connectivity index (χ4n) is 1.95. The molecular formula is C15H17Cl2N3O2. The van der Waals surface area contributed by atoms with Crippen molar-refractivity contribution in [2.45, 2.75) is 20.0 Å². The van der Waals surface area contributed by atoms with Crippen molar-refractivity contribution in [1.29, 1.82) is 0 Å². The van der Waals surface area contributed by atoms with Crippen LogP contribution >= 0.6 is 23.2 Å². The van der Waals surface area contributed by atoms with Gasteiger partial charge < -0.3 is 9.64 Å². The second-order valence-corrected chi connectivity index (χ2v) is 5.60. The summed E-state index contributed by atoms with van der Waals surface area (Å²) in [5.74, 6) is 0.293. The minimum atomic E-state index is -0.144. The molecule has 5 nitrogen and oxygen atoms in total. The van der Waals surface area contributed by atoms with Crippen molar-refractivity contribution >= 4 is 29.1 Å². The molecule has 1 heterocycles. The Balaban J connectivity index is 1.91. The summed E-state index contributed by atoms with van der Waals surface area (Å²) in [5, 5.41) is 5.08. The molecule has 0 atom stereocenters. The molecule has 0 unspecified atom stereocenters. The van der Waals surface area contributed by atoms with Crippen molar-refractivity contribution in [1.82, 2.24) is 14.7 Å². The van der Waals surface area contributed by atoms with Gasteiger partial charge in [0.05, 0.1) is 17.3 Å². The van der Waals surface area contributed by atoms with Crippen molar-refractivity contribution in [3.63, 3.8) is 0 Å². The van der Waals surface area contributed by atoms with Gasteiger partial charge in [-0.2, -0.15) is 5.10 Å². The predicted octanol–water partition coefficient (Wildman–Crippen LogP) is 3.25. The van der Waals surface area contributed by atoms with Crippen LogP contribution in [0.25, 0.3) is 0 Å². The molecule has 0 N–H and O–H groups in total. The zero-order valence-electron chi connectivity index (χ0n) is 12.4. The van der Waals surface area contributed by atoms with E-state index in [0.29, 0.717) is 22.3 Å². The monoisotopic (exact) mass is 341 g/mol. The smallest absolute Gasteiger partial charge is 0.260 e. The lowest BCUT2D eigenvalue weighted by atomic mass is 10.3. The third-order valence-corrected chi connectivity index (χ3v) is 3.70. The molecule has 0 radical (unpaired) electrons. The van der Waals surface area contributed by atoms with Gasteiger partial charge in [0.25, 0.3) is 5.91 Å². The number of hydrogen-bond acceptors (Lipinski definition) is 3. The number of aryl methyl sites for hydroxylation is 1. The molecule has 7 heteroatoms. The van der Waals surface area contributed by atoms with E-state index in [-0.39, 0.29) is 12.5 Å². The number of ether oxygens (including phenoxy) is 1. The number of benzene rings is 1. The lowest BCUT2D eigenvalue weighted by Gasteiger charge is -2.18. The number of amides is 1. The van der Waals surface area contributed by atoms with Gasteiger partial charge in [-0.3, -0.25) is 9.48 Å². The Kier molecular flexibility index (Phi) is 5.69. The molecule has 0 fully saturated rings. The van der Waals surface area contributed by atoms with Crippen molar-refractivity contribution in [2.75, 3.05) is 13.7 Å². The zero-order chi connectivity index (χ0) is 16.1. The van der Waals surface area contributed by atoms with Crippen LogP contribution < -0.4 is 4.74 Å². The van der Waals surface area contributed by atoms with E-state index < -0.39 is 0 Å². The summed E-state index contributed by atoms with van der Waals surface area (Å²) in [6.45, 7) is 3.16. The molecule has 0 spiro atoms. The van der Waals surface area contributed by atoms with Gasteiger partial charge in [0, 0.05) is 24.8 Å². The Morgan fingerprint density at radius 3 is 2.82 bits per heavy atom. The van der Waals surface area contributed by atoms with Crippen molar-refractivity contribution in [3.8, 4) is 5.75 Å². The lowest BCUT2D eigenvalue weighted by molar-refractivity contribution is -0.132. The van der Waals surface area contributed by atoms with E-state index in [1.165, 1.54) is 0 Å². The molecule has 1 aromatic heterocycles. The SMILES string of the molecule is CCn1nccc1CN(C)C(=O)COc1ccc(Cl)cc1Cl. The second kappa shape index (κ2) is 7.51. The van der Waals surface area contributed by atoms with Crippen molar-refractivity contribution in [2.24, 2.45) is 0 Å². The van der Waals surface area contributed by atoms with Crippen molar-refractivity contribution < 1.29 is 9.53 Å². The van der Waals surface area contributed by atoms with E-state index in [9.17, 15) is 4.79 Å². The Hall–Kier alpha value is -1.72. The maximum Gasteiger partial charge on any atom is 0.260 e. The molecule has 0 aliphatic rings. The molecule has 2 rings (SSSR count). The van der Waals surface area contributed by atoms with Crippen LogP contribution in [0.15, 0.2) is 30.5 Å². The third kappa shape index (κ3) is 4.15. The molecule has 0 bridgehead atoms. The number of carbonyl (C=O) groups excluding carboxylic acids is 1. The summed E-state index contributed by atoms with van der Waals surface area (Å²) in [4.78, 5) is 13.7. The van der Waals surface area contributed by atoms with E-state index in [4.69, 9.17) is 27.9 Å². The Morgan fingerprint density at radius 1 is 1.36 bits per heavy atom. The number of likely N-dealkylation sites (N-methyl/N-ethyl adjacent to an activating group) is 1. The molecule has 0 saturated heterocycles. The van der Waals surface area contributed by atoms with Gasteiger partial charge in [-0.05, 0) is 31.2 Å². The van der Waals surface area contributed by atoms with Gasteiger partial charge in [-0.15, -0.1) is 0 Å². The van der Waals surface area contributed by atoms with Crippen LogP contribution in [0.4, 0.5) is 0 Å². The fraction of sp³-hybridized carbons (Fsp3) is 0.333. The Labute approximate surface area is 139 Å². The highest BCUT2D eigenvalue weighted by atomic mass is 35.5. The van der Waals surface area contributed by atoms with E-state index in [2.05, 4.69) is 5.10 Å². The highest BCUT2D eigenvalue weighted by Gasteiger charge is 2.13. The average Bonchev–Trinajstić information content (AvgIpc) is 2.93. The number of aromatic nitrogens is 2. The minimum Gasteiger partial charge on any atom is -0.482 e. The van der Waals surface area contributed by atoms with Crippen LogP contribution in [0, 0.1) is 0 Å². The summed E-state index contributed by atoms with van der Waals surface area (Å²) < 4.78 is 7.29. The van der Waals surface area contributed by atoms with E-state index >= 15 is 0 Å². The number of hydrogen-bond donors (Lipinski definition) is 0. The maximum absolute atomic E-state index is 12.1. The van der Waals surface area contributed by atoms with Gasteiger partial charge in [0.1, 0.15) is 5.75 Å². The van der Waals surface area contributed by atoms with Gasteiger partial charge >= 0.3 is 0 Å². The zero-order valence-corrected chi connectivity index (χ0v) is 13.9. The summed E-state index contributed by atoms with van der Waals surface area (Å²) in [6.07, 6.45) is 1.72. The Morgan fingerprint density at radius 2 is 2.14 bits per heavy atom. The number of nitrogens with zero attached hydrogens (tertiary/aromatic N) is 3. The molecule has 118 valence electrons. The average molecular weight is 342 g/mol. The molecule has 0 saturated carbocycles. The van der Waals surface area contributed by atoms with Gasteiger partial charge in [-0.1, -0.05) is 23.2 Å². The van der Waals surface area contributed by atoms with E-state index in [1.54, 1.807) is 36.3 Å². The first-order valence-electron chi connectivity index (χ1n) is 6.83. The van der Waals surface area contributed by atoms with Crippen LogP contribution in [0.2, 0.25) is 10.0 Å². The summed E-state index contributed by atoms with van der Waals surface area (Å²) >= 11 is 11.8. The van der Waals surface area contributed by atoms with E-state index in [0.717, 1.165) is 12.2 Å². The molecule has 1 amide bonds. The maximum atomic E-state index is 12.1. The largest absolute Gasteiger partial charge is 0.482 e. The van der Waals surface area contributed by atoms with Gasteiger partial charge in [-0.25, -0.2) is 0 Å². The van der Waals surface area contributed by atoms with Gasteiger partial charge in [0.15, 0.2) is 6.61 Å². The summed E-state index contributed by atoms with van der Waals surface area (Å²) in [5.41, 5.74) is 0.975. The van der Waals surface area contributed by atoms with Crippen LogP contribution in [-0.4, -0.2) is 34.2 Å². The summed E-state index contributed by atoms with van der Waals surface area (Å²) in [6, 6.07) is 6.78. The second-order valence-electron chi connectivity index (χ2n) is 4.75. The number of rotatable bonds is 6. The topological polar surface area (TPSA) is 47.4 Å². The molecule has 0 aliphatic heterocycles. The summed E-state index contributed by atoms with van der Waals surface area (Å²) in [7, 11) is 1.72. The Bertz CT molecular complexity index is 658. The van der Waals surface area contributed by atoms with Crippen LogP contribution in [0.5, 0.6) is 5.75 Å². The van der Waals surface area contributed by atoms with E-state index in [1.807, 2.05) is 17.7 Å². The lowest BCUT2D eigenvalue weighted by Crippen LogP contribution is -2.31. The highest BCUT2D eigenvalue weighted by molar-refractivity contribution is 6.35. The van der Waals surface area contributed by atoms with Crippen LogP contribution in [0.3, 0.4) is 0 Å². The predicted molar refractivity (Wildman–Crippen MR) is 86.3 cm³/mol. The first-order valence-corrected chi connectivity index (χ1v) is 7.59. The van der Waals surface area contributed by atoms with Crippen molar-refractivity contribution in [3.05, 3.63) is 46.2 Å². The first-order chi connectivity index (χ1) is 10.5. The number of halogens is 2. The molecule has 22 heavy (non-hydrogen) atoms. The standard InChI is InChI=1S/C15H17Cl2N3O2/c1-3-20-12(6-7-18-20)9-19(2)15(21)10-22-14-5-4-11(16)8-13(14)17/h4-8H,3,9-10H2,1-2H3. The highest BCUT2D eigenvalue weighted by Crippen LogP contribution is 2.27. The quantitative estimate of drug-likeness (QED) is 0.810. The first kappa shape index (κ1) is 16.6. The fourth-order valence-corrected chi connectivity index (χ4v) is 2.42.